The number of nitrogens with zero attached hydrogens (tertiary/aromatic N) is 2. The molecule has 0 fully saturated rings. The molecule has 2 aromatic rings. The highest BCUT2D eigenvalue weighted by Gasteiger charge is 2.08. The van der Waals surface area contributed by atoms with Crippen LogP contribution in [0.3, 0.4) is 0 Å². The van der Waals surface area contributed by atoms with Gasteiger partial charge in [0.15, 0.2) is 0 Å². The summed E-state index contributed by atoms with van der Waals surface area (Å²) < 4.78 is 5.34. The summed E-state index contributed by atoms with van der Waals surface area (Å²) in [5.41, 5.74) is 3.25. The van der Waals surface area contributed by atoms with Crippen molar-refractivity contribution >= 4 is 17.6 Å². The van der Waals surface area contributed by atoms with Crippen molar-refractivity contribution in [1.29, 1.82) is 0 Å². The molecule has 0 bridgehead atoms. The van der Waals surface area contributed by atoms with Crippen LogP contribution in [-0.2, 0) is 12.4 Å². The van der Waals surface area contributed by atoms with E-state index < -0.39 is 0 Å². The van der Waals surface area contributed by atoms with Crippen molar-refractivity contribution in [3.63, 3.8) is 0 Å². The highest BCUT2D eigenvalue weighted by molar-refractivity contribution is 6.16. The van der Waals surface area contributed by atoms with E-state index in [2.05, 4.69) is 36.2 Å². The van der Waals surface area contributed by atoms with Crippen molar-refractivity contribution in [3.8, 4) is 0 Å². The van der Waals surface area contributed by atoms with E-state index in [0.717, 1.165) is 12.2 Å². The van der Waals surface area contributed by atoms with Crippen molar-refractivity contribution in [3.05, 3.63) is 47.3 Å². The molecule has 4 heteroatoms. The molecule has 0 aliphatic heterocycles. The second kappa shape index (κ2) is 5.23. The fraction of sp³-hybridized carbons (Fsp3) is 0.308. The van der Waals surface area contributed by atoms with Crippen LogP contribution in [0.15, 0.2) is 34.9 Å². The molecule has 1 aromatic heterocycles. The van der Waals surface area contributed by atoms with Gasteiger partial charge in [-0.05, 0) is 12.5 Å². The second-order valence-corrected chi connectivity index (χ2v) is 4.36. The number of hydrogen-bond donors (Lipinski definition) is 0. The van der Waals surface area contributed by atoms with Crippen LogP contribution in [0.4, 0.5) is 6.01 Å². The van der Waals surface area contributed by atoms with Gasteiger partial charge in [-0.2, -0.15) is 4.98 Å². The number of anilines is 1. The number of rotatable bonds is 4. The number of alkyl halides is 1. The zero-order valence-electron chi connectivity index (χ0n) is 9.98. The van der Waals surface area contributed by atoms with Gasteiger partial charge in [0.25, 0.3) is 6.01 Å². The lowest BCUT2D eigenvalue weighted by atomic mass is 10.1. The number of benzene rings is 1. The van der Waals surface area contributed by atoms with Gasteiger partial charge in [0, 0.05) is 13.6 Å². The van der Waals surface area contributed by atoms with Gasteiger partial charge in [0.2, 0.25) is 0 Å². The van der Waals surface area contributed by atoms with Gasteiger partial charge in [0.05, 0.1) is 11.6 Å². The Labute approximate surface area is 106 Å². The highest BCUT2D eigenvalue weighted by atomic mass is 35.5. The summed E-state index contributed by atoms with van der Waals surface area (Å²) >= 11 is 5.68. The molecule has 0 N–H and O–H groups in total. The minimum absolute atomic E-state index is 0.377. The van der Waals surface area contributed by atoms with E-state index in [-0.39, 0.29) is 0 Å². The average molecular weight is 251 g/mol. The Morgan fingerprint density at radius 1 is 1.29 bits per heavy atom. The molecule has 90 valence electrons. The molecular formula is C13H15ClN2O. The third-order valence-corrected chi connectivity index (χ3v) is 2.82. The first kappa shape index (κ1) is 12.0. The van der Waals surface area contributed by atoms with Crippen LogP contribution < -0.4 is 4.90 Å². The van der Waals surface area contributed by atoms with E-state index in [9.17, 15) is 0 Å². The highest BCUT2D eigenvalue weighted by Crippen LogP contribution is 2.16. The number of aromatic nitrogens is 1. The Balaban J connectivity index is 2.05. The van der Waals surface area contributed by atoms with Gasteiger partial charge in [-0.3, -0.25) is 0 Å². The van der Waals surface area contributed by atoms with Crippen molar-refractivity contribution < 1.29 is 4.42 Å². The molecule has 0 radical (unpaired) electrons. The summed E-state index contributed by atoms with van der Waals surface area (Å²) in [6, 6.07) is 9.02. The third kappa shape index (κ3) is 3.01. The molecular weight excluding hydrogens is 236 g/mol. The fourth-order valence-electron chi connectivity index (χ4n) is 1.57. The number of halogens is 1. The Morgan fingerprint density at radius 2 is 2.00 bits per heavy atom. The Kier molecular flexibility index (Phi) is 3.69. The lowest BCUT2D eigenvalue weighted by Gasteiger charge is -2.14. The molecule has 1 aromatic carbocycles. The molecule has 0 spiro atoms. The molecule has 3 nitrogen and oxygen atoms in total. The van der Waals surface area contributed by atoms with Gasteiger partial charge in [-0.25, -0.2) is 0 Å². The first-order valence-electron chi connectivity index (χ1n) is 5.46. The second-order valence-electron chi connectivity index (χ2n) is 4.10. The Bertz CT molecular complexity index is 478. The Morgan fingerprint density at radius 3 is 2.59 bits per heavy atom. The molecule has 0 atom stereocenters. The predicted octanol–water partition coefficient (Wildman–Crippen LogP) is 3.36. The van der Waals surface area contributed by atoms with E-state index >= 15 is 0 Å². The smallest absolute Gasteiger partial charge is 0.297 e. The molecule has 0 aliphatic carbocycles. The maximum absolute atomic E-state index is 5.68. The van der Waals surface area contributed by atoms with Gasteiger partial charge >= 0.3 is 0 Å². The van der Waals surface area contributed by atoms with E-state index in [4.69, 9.17) is 16.0 Å². The van der Waals surface area contributed by atoms with Crippen molar-refractivity contribution in [1.82, 2.24) is 4.98 Å². The van der Waals surface area contributed by atoms with Crippen molar-refractivity contribution in [2.24, 2.45) is 0 Å². The quantitative estimate of drug-likeness (QED) is 0.780. The topological polar surface area (TPSA) is 29.3 Å². The maximum atomic E-state index is 5.68. The molecule has 0 saturated carbocycles. The van der Waals surface area contributed by atoms with E-state index in [0.29, 0.717) is 11.9 Å². The average Bonchev–Trinajstić information content (AvgIpc) is 2.81. The van der Waals surface area contributed by atoms with Crippen LogP contribution in [0.25, 0.3) is 0 Å². The Hall–Kier alpha value is -1.48. The van der Waals surface area contributed by atoms with Crippen LogP contribution in [0.5, 0.6) is 0 Å². The zero-order chi connectivity index (χ0) is 12.3. The monoisotopic (exact) mass is 250 g/mol. The maximum Gasteiger partial charge on any atom is 0.297 e. The molecule has 0 amide bonds. The van der Waals surface area contributed by atoms with E-state index in [1.54, 1.807) is 6.26 Å². The summed E-state index contributed by atoms with van der Waals surface area (Å²) in [6.07, 6.45) is 1.59. The fourth-order valence-corrected chi connectivity index (χ4v) is 1.69. The van der Waals surface area contributed by atoms with Gasteiger partial charge in [0.1, 0.15) is 6.26 Å². The summed E-state index contributed by atoms with van der Waals surface area (Å²) in [6.45, 7) is 2.84. The first-order chi connectivity index (χ1) is 8.19. The lowest BCUT2D eigenvalue weighted by molar-refractivity contribution is 0.544. The summed E-state index contributed by atoms with van der Waals surface area (Å²) in [5, 5.41) is 0. The largest absolute Gasteiger partial charge is 0.432 e. The minimum atomic E-state index is 0.377. The van der Waals surface area contributed by atoms with E-state index in [1.807, 2.05) is 11.9 Å². The summed E-state index contributed by atoms with van der Waals surface area (Å²) in [7, 11) is 1.95. The van der Waals surface area contributed by atoms with Crippen LogP contribution in [-0.4, -0.2) is 12.0 Å². The van der Waals surface area contributed by atoms with Crippen LogP contribution in [0, 0.1) is 6.92 Å². The molecule has 1 heterocycles. The summed E-state index contributed by atoms with van der Waals surface area (Å²) in [4.78, 5) is 6.23. The standard InChI is InChI=1S/C13H15ClN2O/c1-10-3-5-11(6-4-10)8-16(2)13-15-12(7-14)9-17-13/h3-6,9H,7-8H2,1-2H3. The van der Waals surface area contributed by atoms with Crippen molar-refractivity contribution in [2.75, 3.05) is 11.9 Å². The number of aryl methyl sites for hydroxylation is 1. The number of oxazole rings is 1. The van der Waals surface area contributed by atoms with Crippen LogP contribution in [0.1, 0.15) is 16.8 Å². The van der Waals surface area contributed by atoms with Crippen LogP contribution >= 0.6 is 11.6 Å². The minimum Gasteiger partial charge on any atom is -0.432 e. The van der Waals surface area contributed by atoms with Gasteiger partial charge < -0.3 is 9.32 Å². The van der Waals surface area contributed by atoms with Gasteiger partial charge in [-0.1, -0.05) is 29.8 Å². The molecule has 0 aliphatic rings. The molecule has 0 saturated heterocycles. The SMILES string of the molecule is Cc1ccc(CN(C)c2nc(CCl)co2)cc1. The van der Waals surface area contributed by atoms with Crippen molar-refractivity contribution in [2.45, 2.75) is 19.3 Å². The molecule has 17 heavy (non-hydrogen) atoms. The third-order valence-electron chi connectivity index (χ3n) is 2.54. The van der Waals surface area contributed by atoms with Crippen LogP contribution in [0.2, 0.25) is 0 Å². The number of hydrogen-bond acceptors (Lipinski definition) is 3. The zero-order valence-corrected chi connectivity index (χ0v) is 10.7. The molecule has 2 rings (SSSR count). The van der Waals surface area contributed by atoms with E-state index in [1.165, 1.54) is 11.1 Å². The normalized spacial score (nSPS) is 10.5. The summed E-state index contributed by atoms with van der Waals surface area (Å²) in [5.74, 6) is 0.377. The lowest BCUT2D eigenvalue weighted by Crippen LogP contribution is -2.16. The first-order valence-corrected chi connectivity index (χ1v) is 5.99. The molecule has 0 unspecified atom stereocenters. The predicted molar refractivity (Wildman–Crippen MR) is 69.3 cm³/mol. The van der Waals surface area contributed by atoms with Gasteiger partial charge in [-0.15, -0.1) is 11.6 Å².